The van der Waals surface area contributed by atoms with E-state index in [0.717, 1.165) is 49.1 Å². The Hall–Kier alpha value is -2.08. The zero-order valence-electron chi connectivity index (χ0n) is 16.9. The predicted octanol–water partition coefficient (Wildman–Crippen LogP) is 3.50. The summed E-state index contributed by atoms with van der Waals surface area (Å²) < 4.78 is 5.78. The van der Waals surface area contributed by atoms with Gasteiger partial charge in [0.25, 0.3) is 0 Å². The summed E-state index contributed by atoms with van der Waals surface area (Å²) in [7, 11) is 0. The van der Waals surface area contributed by atoms with E-state index in [1.807, 2.05) is 26.0 Å². The van der Waals surface area contributed by atoms with Crippen LogP contribution in [0.4, 0.5) is 0 Å². The lowest BCUT2D eigenvalue weighted by molar-refractivity contribution is 0.135. The van der Waals surface area contributed by atoms with Gasteiger partial charge in [-0.15, -0.1) is 0 Å². The number of nitrogens with one attached hydrogen (secondary N) is 1. The summed E-state index contributed by atoms with van der Waals surface area (Å²) in [5.74, 6) is 1.08. The molecule has 0 aromatic heterocycles. The Balaban J connectivity index is 1.78. The molecule has 28 heavy (non-hydrogen) atoms. The second-order valence-corrected chi connectivity index (χ2v) is 7.26. The van der Waals surface area contributed by atoms with Gasteiger partial charge in [-0.25, -0.2) is 0 Å². The molecule has 2 atom stereocenters. The molecule has 2 aromatic carbocycles. The topological polar surface area (TPSA) is 82.0 Å². The van der Waals surface area contributed by atoms with E-state index in [1.165, 1.54) is 5.56 Å². The number of aryl methyl sites for hydroxylation is 1. The lowest BCUT2D eigenvalue weighted by atomic mass is 9.98. The van der Waals surface area contributed by atoms with E-state index in [0.29, 0.717) is 6.61 Å². The Labute approximate surface area is 168 Å². The molecule has 0 spiro atoms. The molecular formula is C23H33NO4. The van der Waals surface area contributed by atoms with Crippen molar-refractivity contribution in [2.24, 2.45) is 0 Å². The molecule has 0 saturated carbocycles. The average molecular weight is 388 g/mol. The number of phenols is 1. The number of hydrogen-bond donors (Lipinski definition) is 4. The molecule has 4 N–H and O–H groups in total. The van der Waals surface area contributed by atoms with Crippen LogP contribution in [0.15, 0.2) is 42.5 Å². The first kappa shape index (κ1) is 22.2. The van der Waals surface area contributed by atoms with Crippen molar-refractivity contribution in [3.8, 4) is 11.5 Å². The number of benzene rings is 2. The Morgan fingerprint density at radius 2 is 1.89 bits per heavy atom. The monoisotopic (exact) mass is 387 g/mol. The molecule has 0 amide bonds. The number of aromatic hydroxyl groups is 1. The fourth-order valence-electron chi connectivity index (χ4n) is 3.19. The van der Waals surface area contributed by atoms with Gasteiger partial charge < -0.3 is 25.4 Å². The minimum atomic E-state index is -0.630. The van der Waals surface area contributed by atoms with Crippen LogP contribution >= 0.6 is 0 Å². The molecule has 0 aliphatic rings. The van der Waals surface area contributed by atoms with E-state index in [2.05, 4.69) is 17.4 Å². The van der Waals surface area contributed by atoms with Gasteiger partial charge in [0.2, 0.25) is 0 Å². The van der Waals surface area contributed by atoms with Gasteiger partial charge in [-0.1, -0.05) is 18.2 Å². The highest BCUT2D eigenvalue weighted by atomic mass is 16.5. The molecule has 2 rings (SSSR count). The number of phenolic OH excluding ortho intramolecular Hbond substituents is 1. The number of aliphatic hydroxyl groups excluding tert-OH is 2. The van der Waals surface area contributed by atoms with Gasteiger partial charge in [-0.3, -0.25) is 0 Å². The molecule has 154 valence electrons. The molecule has 0 aliphatic heterocycles. The van der Waals surface area contributed by atoms with Crippen molar-refractivity contribution >= 4 is 0 Å². The Morgan fingerprint density at radius 3 is 2.64 bits per heavy atom. The molecule has 0 fully saturated rings. The third-order valence-electron chi connectivity index (χ3n) is 4.90. The second kappa shape index (κ2) is 11.7. The van der Waals surface area contributed by atoms with Gasteiger partial charge in [0.05, 0.1) is 12.7 Å². The van der Waals surface area contributed by atoms with Crippen LogP contribution in [0.5, 0.6) is 11.5 Å². The van der Waals surface area contributed by atoms with E-state index in [1.54, 1.807) is 18.2 Å². The summed E-state index contributed by atoms with van der Waals surface area (Å²) in [5, 5.41) is 32.3. The lowest BCUT2D eigenvalue weighted by Gasteiger charge is -2.22. The highest BCUT2D eigenvalue weighted by molar-refractivity contribution is 5.35. The number of unbranched alkanes of at least 4 members (excludes halogenated alkanes) is 2. The first-order chi connectivity index (χ1) is 13.5. The zero-order chi connectivity index (χ0) is 20.4. The van der Waals surface area contributed by atoms with Gasteiger partial charge in [-0.05, 0) is 87.0 Å². The fourth-order valence-corrected chi connectivity index (χ4v) is 3.19. The molecule has 0 saturated heterocycles. The maximum absolute atomic E-state index is 10.6. The van der Waals surface area contributed by atoms with Crippen LogP contribution in [-0.2, 0) is 6.42 Å². The lowest BCUT2D eigenvalue weighted by Crippen LogP contribution is -2.34. The molecule has 5 nitrogen and oxygen atoms in total. The van der Waals surface area contributed by atoms with Crippen molar-refractivity contribution < 1.29 is 20.1 Å². The van der Waals surface area contributed by atoms with Crippen LogP contribution in [0.1, 0.15) is 49.0 Å². The molecule has 2 aromatic rings. The summed E-state index contributed by atoms with van der Waals surface area (Å²) in [6.45, 7) is 5.50. The van der Waals surface area contributed by atoms with Gasteiger partial charge in [0.15, 0.2) is 0 Å². The maximum Gasteiger partial charge on any atom is 0.119 e. The third kappa shape index (κ3) is 7.15. The van der Waals surface area contributed by atoms with Crippen LogP contribution in [0.25, 0.3) is 0 Å². The maximum atomic E-state index is 10.6. The van der Waals surface area contributed by atoms with Gasteiger partial charge in [0, 0.05) is 12.6 Å². The second-order valence-electron chi connectivity index (χ2n) is 7.26. The van der Waals surface area contributed by atoms with Crippen LogP contribution in [0.2, 0.25) is 0 Å². The predicted molar refractivity (Wildman–Crippen MR) is 112 cm³/mol. The van der Waals surface area contributed by atoms with Gasteiger partial charge >= 0.3 is 0 Å². The van der Waals surface area contributed by atoms with Gasteiger partial charge in [0.1, 0.15) is 11.5 Å². The normalized spacial score (nSPS) is 13.3. The Bertz CT molecular complexity index is 719. The van der Waals surface area contributed by atoms with Crippen LogP contribution < -0.4 is 10.1 Å². The first-order valence-corrected chi connectivity index (χ1v) is 10.0. The van der Waals surface area contributed by atoms with Crippen LogP contribution in [0.3, 0.4) is 0 Å². The Morgan fingerprint density at radius 1 is 1.07 bits per heavy atom. The van der Waals surface area contributed by atoms with Crippen molar-refractivity contribution in [1.29, 1.82) is 0 Å². The van der Waals surface area contributed by atoms with Crippen molar-refractivity contribution in [3.05, 3.63) is 59.2 Å². The highest BCUT2D eigenvalue weighted by Gasteiger charge is 2.17. The minimum Gasteiger partial charge on any atom is -0.508 e. The van der Waals surface area contributed by atoms with E-state index in [4.69, 9.17) is 9.84 Å². The number of rotatable bonds is 12. The fraction of sp³-hybridized carbons (Fsp3) is 0.478. The number of aliphatic hydroxyl groups is 2. The van der Waals surface area contributed by atoms with Crippen LogP contribution in [-0.4, -0.2) is 41.1 Å². The quantitative estimate of drug-likeness (QED) is 0.419. The van der Waals surface area contributed by atoms with E-state index < -0.39 is 6.10 Å². The summed E-state index contributed by atoms with van der Waals surface area (Å²) in [5.41, 5.74) is 2.89. The van der Waals surface area contributed by atoms with Gasteiger partial charge in [-0.2, -0.15) is 0 Å². The smallest absolute Gasteiger partial charge is 0.119 e. The van der Waals surface area contributed by atoms with E-state index in [9.17, 15) is 10.2 Å². The van der Waals surface area contributed by atoms with E-state index >= 15 is 0 Å². The Kier molecular flexibility index (Phi) is 9.28. The molecular weight excluding hydrogens is 354 g/mol. The number of hydrogen-bond acceptors (Lipinski definition) is 5. The van der Waals surface area contributed by atoms with Crippen molar-refractivity contribution in [1.82, 2.24) is 5.32 Å². The molecule has 0 unspecified atom stereocenters. The van der Waals surface area contributed by atoms with Crippen LogP contribution in [0, 0.1) is 6.92 Å². The first-order valence-electron chi connectivity index (χ1n) is 10.0. The molecule has 0 bridgehead atoms. The average Bonchev–Trinajstić information content (AvgIpc) is 2.67. The summed E-state index contributed by atoms with van der Waals surface area (Å²) >= 11 is 0. The molecule has 0 aliphatic carbocycles. The minimum absolute atomic E-state index is 0.103. The molecule has 0 heterocycles. The standard InChI is InChI=1S/C23H33NO4/c1-17-15-20(26)9-10-22(17)23(27)18(2)24-12-11-19-7-6-8-21(16-19)28-14-5-3-4-13-25/h6-10,15-16,18,23-27H,3-5,11-14H2,1-2H3/t18-,23-/m0/s1. The molecule has 5 heteroatoms. The SMILES string of the molecule is Cc1cc(O)ccc1[C@@H](O)[C@H](C)NCCc1cccc(OCCCCCO)c1. The summed E-state index contributed by atoms with van der Waals surface area (Å²) in [4.78, 5) is 0. The summed E-state index contributed by atoms with van der Waals surface area (Å²) in [6.07, 6.45) is 2.95. The van der Waals surface area contributed by atoms with Crippen molar-refractivity contribution in [3.63, 3.8) is 0 Å². The van der Waals surface area contributed by atoms with Crippen molar-refractivity contribution in [2.75, 3.05) is 19.8 Å². The van der Waals surface area contributed by atoms with Crippen molar-refractivity contribution in [2.45, 2.75) is 51.7 Å². The number of ether oxygens (including phenoxy) is 1. The van der Waals surface area contributed by atoms with E-state index in [-0.39, 0.29) is 18.4 Å². The molecule has 0 radical (unpaired) electrons. The third-order valence-corrected chi connectivity index (χ3v) is 4.90. The summed E-state index contributed by atoms with van der Waals surface area (Å²) in [6, 6.07) is 13.0. The zero-order valence-corrected chi connectivity index (χ0v) is 16.9. The largest absolute Gasteiger partial charge is 0.508 e. The highest BCUT2D eigenvalue weighted by Crippen LogP contribution is 2.24.